The molecule has 4 aromatic carbocycles. The van der Waals surface area contributed by atoms with E-state index in [0.717, 1.165) is 62.3 Å². The Hall–Kier alpha value is -8.68. The number of Topliss-reactive ketones (excluding diaryl/α,β-unsaturated/α-hetero) is 2. The van der Waals surface area contributed by atoms with Crippen molar-refractivity contribution in [3.05, 3.63) is 180 Å². The van der Waals surface area contributed by atoms with E-state index in [1.165, 1.54) is 24.3 Å². The number of carbonyl (C=O) groups excluding carboxylic acids is 5. The molecule has 2 aliphatic rings. The molecule has 0 aliphatic carbocycles. The molecule has 8 heterocycles. The summed E-state index contributed by atoms with van der Waals surface area (Å²) in [5.41, 5.74) is 11.3. The third kappa shape index (κ3) is 16.7. The molecule has 4 atom stereocenters. The summed E-state index contributed by atoms with van der Waals surface area (Å²) in [6.07, 6.45) is 10.1. The summed E-state index contributed by atoms with van der Waals surface area (Å²) in [6, 6.07) is 33.6. The van der Waals surface area contributed by atoms with Gasteiger partial charge in [0.15, 0.2) is 22.9 Å². The topological polar surface area (TPSA) is 232 Å². The molecular weight excluding hydrogens is 1220 g/mol. The quantitative estimate of drug-likeness (QED) is 0.0664. The maximum absolute atomic E-state index is 14.5. The second-order valence-electron chi connectivity index (χ2n) is 21.4. The lowest BCUT2D eigenvalue weighted by Crippen LogP contribution is -2.47. The smallest absolute Gasteiger partial charge is 0.323 e. The summed E-state index contributed by atoms with van der Waals surface area (Å²) in [7, 11) is 0. The molecule has 2 saturated heterocycles. The largest absolute Gasteiger partial charge is 0.480 e. The second kappa shape index (κ2) is 31.0. The van der Waals surface area contributed by atoms with Crippen molar-refractivity contribution in [2.75, 3.05) is 26.2 Å². The van der Waals surface area contributed by atoms with E-state index in [1.54, 1.807) is 43.0 Å². The van der Waals surface area contributed by atoms with Crippen molar-refractivity contribution in [1.29, 1.82) is 0 Å². The zero-order valence-corrected chi connectivity index (χ0v) is 52.6. The van der Waals surface area contributed by atoms with Gasteiger partial charge in [-0.1, -0.05) is 72.8 Å². The van der Waals surface area contributed by atoms with Gasteiger partial charge in [-0.2, -0.15) is 23.7 Å². The highest BCUT2D eigenvalue weighted by atomic mass is 35.5. The van der Waals surface area contributed by atoms with E-state index in [1.807, 2.05) is 135 Å². The van der Waals surface area contributed by atoms with Gasteiger partial charge >= 0.3 is 5.97 Å². The highest BCUT2D eigenvalue weighted by molar-refractivity contribution is 8.07. The second-order valence-corrected chi connectivity index (χ2v) is 21.4. The summed E-state index contributed by atoms with van der Waals surface area (Å²) in [4.78, 5) is 84.0. The Labute approximate surface area is 534 Å². The Balaban J connectivity index is 0.000000204. The van der Waals surface area contributed by atoms with Gasteiger partial charge in [-0.25, -0.2) is 27.8 Å². The number of alkyl halides is 2. The lowest BCUT2D eigenvalue weighted by molar-refractivity contribution is -0.138. The van der Waals surface area contributed by atoms with Crippen LogP contribution in [-0.4, -0.2) is 134 Å². The van der Waals surface area contributed by atoms with E-state index < -0.39 is 24.4 Å². The van der Waals surface area contributed by atoms with Gasteiger partial charge in [0.05, 0.1) is 24.0 Å². The van der Waals surface area contributed by atoms with Crippen LogP contribution in [0.1, 0.15) is 69.9 Å². The molecule has 0 spiro atoms. The van der Waals surface area contributed by atoms with Gasteiger partial charge in [-0.15, -0.1) is 12.4 Å². The monoisotopic (exact) mass is 1280 g/mol. The molecule has 2 aliphatic heterocycles. The SMILES string of the molecule is CC(=O)c1cn(CC(=O)N2C[C@H](F)C[C@H]2C(=O)NCCc2ccccc2)c2ccc(-c3cnc4cc(C)nn4c3)cc12.CC(=O)c1cn(CC(=O)O)c2ccc(-c3cnc4cc(C)nn4c3)cc12.Cl.O=C(NCCc1ccccc1)[C@@H]1C[C@@H](F)CN1.S.S=S. The minimum absolute atomic E-state index is 0. The van der Waals surface area contributed by atoms with E-state index in [9.17, 15) is 37.5 Å². The summed E-state index contributed by atoms with van der Waals surface area (Å²) in [5.74, 6) is -2.03. The van der Waals surface area contributed by atoms with Crippen LogP contribution in [0, 0.1) is 13.8 Å². The van der Waals surface area contributed by atoms with E-state index in [2.05, 4.69) is 58.5 Å². The van der Waals surface area contributed by atoms with Crippen LogP contribution in [0.25, 0.3) is 55.4 Å². The molecule has 19 nitrogen and oxygen atoms in total. The number of halogens is 3. The Morgan fingerprint density at radius 3 is 1.54 bits per heavy atom. The highest BCUT2D eigenvalue weighted by Crippen LogP contribution is 2.31. The molecule has 10 aromatic rings. The summed E-state index contributed by atoms with van der Waals surface area (Å²) >= 11 is 7.33. The minimum atomic E-state index is -1.28. The number of carboxylic acids is 1. The van der Waals surface area contributed by atoms with Gasteiger partial charge in [-0.3, -0.25) is 28.8 Å². The first kappa shape index (κ1) is 67.8. The number of likely N-dealkylation sites (tertiary alicyclic amines) is 1. The van der Waals surface area contributed by atoms with Crippen LogP contribution in [0.2, 0.25) is 0 Å². The molecule has 0 unspecified atom stereocenters. The predicted molar refractivity (Wildman–Crippen MR) is 350 cm³/mol. The number of fused-ring (bicyclic) bond motifs is 4. The molecule has 2 fully saturated rings. The number of aliphatic carboxylic acids is 1. The first-order valence-corrected chi connectivity index (χ1v) is 29.5. The van der Waals surface area contributed by atoms with Crippen molar-refractivity contribution in [1.82, 2.24) is 59.2 Å². The third-order valence-corrected chi connectivity index (χ3v) is 15.0. The molecule has 0 saturated carbocycles. The van der Waals surface area contributed by atoms with Crippen LogP contribution in [0.4, 0.5) is 8.78 Å². The molecule has 464 valence electrons. The van der Waals surface area contributed by atoms with E-state index in [4.69, 9.17) is 5.11 Å². The summed E-state index contributed by atoms with van der Waals surface area (Å²) in [5, 5.41) is 27.9. The summed E-state index contributed by atoms with van der Waals surface area (Å²) in [6.45, 7) is 7.60. The molecule has 12 rings (SSSR count). The molecule has 4 N–H and O–H groups in total. The van der Waals surface area contributed by atoms with Crippen LogP contribution in [0.5, 0.6) is 0 Å². The number of nitrogens with one attached hydrogen (secondary N) is 3. The average molecular weight is 1290 g/mol. The van der Waals surface area contributed by atoms with Crippen LogP contribution >= 0.6 is 25.9 Å². The van der Waals surface area contributed by atoms with Gasteiger partial charge < -0.3 is 35.1 Å². The number of carboxylic acid groups (broad SMARTS) is 1. The number of aromatic nitrogens is 8. The lowest BCUT2D eigenvalue weighted by atomic mass is 10.0. The number of nitrogens with zero attached hydrogens (tertiary/aromatic N) is 9. The Morgan fingerprint density at radius 1 is 0.618 bits per heavy atom. The van der Waals surface area contributed by atoms with Gasteiger partial charge in [0.25, 0.3) is 0 Å². The van der Waals surface area contributed by atoms with E-state index >= 15 is 0 Å². The average Bonchev–Trinajstić information content (AvgIpc) is 1.72. The van der Waals surface area contributed by atoms with Crippen LogP contribution in [0.15, 0.2) is 146 Å². The van der Waals surface area contributed by atoms with Gasteiger partial charge in [0.1, 0.15) is 31.5 Å². The standard InChI is InChI=1S/C32H31FN6O3.C19H16N4O3.C13H17FN2O.ClH.S2.H2S/c1-20-12-30-35-15-24(16-39(30)36-20)23-8-9-28-26(13-23)27(21(2)40)18-37(28)19-31(41)38-17-25(33)14-29(38)32(42)34-11-10-22-6-4-3-5-7-22;1-11-5-18-20-7-14(8-23(18)21-11)13-3-4-17-15(6-13)16(12(2)24)9-22(17)10-19(25)26;14-11-8-12(16-9-11)13(17)15-7-6-10-4-2-1-3-5-10;;1-2;/h3-9,12-13,15-16,18,25,29H,10-11,14,17,19H2,1-2H3,(H,34,42);3-9H,10H2,1-2H3,(H,25,26);1-5,11-12,16H,6-9H2,(H,15,17);1H;;1H2/t25-,29+;;11-,12+;;;/m1.1.../s1. The predicted octanol–water partition coefficient (Wildman–Crippen LogP) is 8.68. The number of carbonyl (C=O) groups is 6. The molecule has 6 aromatic heterocycles. The number of amides is 3. The minimum Gasteiger partial charge on any atom is -0.480 e. The maximum atomic E-state index is 14.5. The first-order valence-electron chi connectivity index (χ1n) is 28.2. The number of hydrogen-bond donors (Lipinski definition) is 4. The van der Waals surface area contributed by atoms with E-state index in [-0.39, 0.29) is 100 Å². The molecule has 3 amide bonds. The maximum Gasteiger partial charge on any atom is 0.323 e. The first-order chi connectivity index (χ1) is 41.9. The van der Waals surface area contributed by atoms with Crippen molar-refractivity contribution in [2.24, 2.45) is 0 Å². The number of benzene rings is 4. The number of aryl methyl sites for hydroxylation is 2. The van der Waals surface area contributed by atoms with Crippen molar-refractivity contribution < 1.29 is 42.7 Å². The Bertz CT molecular complexity index is 4170. The van der Waals surface area contributed by atoms with Gasteiger partial charge in [-0.05, 0) is 87.1 Å². The fourth-order valence-corrected chi connectivity index (χ4v) is 10.8. The van der Waals surface area contributed by atoms with Crippen molar-refractivity contribution in [3.8, 4) is 22.3 Å². The zero-order chi connectivity index (χ0) is 61.9. The number of rotatable bonds is 16. The number of hydrogen-bond acceptors (Lipinski definition) is 13. The van der Waals surface area contributed by atoms with Gasteiger partial charge in [0, 0.05) is 148 Å². The van der Waals surface area contributed by atoms with Crippen molar-refractivity contribution >= 4 is 117 Å². The normalized spacial score (nSPS) is 15.8. The zero-order valence-electron chi connectivity index (χ0n) is 49.1. The van der Waals surface area contributed by atoms with Gasteiger partial charge in [0.2, 0.25) is 17.7 Å². The fourth-order valence-electron chi connectivity index (χ4n) is 10.8. The molecular formula is C64H67ClF2N12O7S3. The molecule has 0 bridgehead atoms. The Kier molecular flexibility index (Phi) is 23.6. The van der Waals surface area contributed by atoms with Crippen LogP contribution < -0.4 is 16.0 Å². The third-order valence-electron chi connectivity index (χ3n) is 15.0. The molecule has 89 heavy (non-hydrogen) atoms. The van der Waals surface area contributed by atoms with Crippen molar-refractivity contribution in [3.63, 3.8) is 0 Å². The summed E-state index contributed by atoms with van der Waals surface area (Å²) < 4.78 is 34.1. The highest BCUT2D eigenvalue weighted by Gasteiger charge is 2.40. The Morgan fingerprint density at radius 2 is 1.09 bits per heavy atom. The van der Waals surface area contributed by atoms with Crippen LogP contribution in [-0.2, 0) is 67.5 Å². The van der Waals surface area contributed by atoms with Crippen LogP contribution in [0.3, 0.4) is 0 Å². The number of ketones is 2. The molecule has 0 radical (unpaired) electrons. The fraction of sp³-hybridized carbons (Fsp3) is 0.281. The molecule has 25 heteroatoms. The van der Waals surface area contributed by atoms with Crippen molar-refractivity contribution in [2.45, 2.75) is 90.9 Å². The lowest BCUT2D eigenvalue weighted by Gasteiger charge is -2.24. The van der Waals surface area contributed by atoms with E-state index in [0.29, 0.717) is 47.1 Å².